The molecule has 3 rings (SSSR count). The number of rotatable bonds is 3. The van der Waals surface area contributed by atoms with E-state index in [-0.39, 0.29) is 18.0 Å². The summed E-state index contributed by atoms with van der Waals surface area (Å²) in [5.74, 6) is -0.554. The van der Waals surface area contributed by atoms with Gasteiger partial charge in [-0.05, 0) is 43.5 Å². The summed E-state index contributed by atoms with van der Waals surface area (Å²) in [6, 6.07) is 6.61. The molecule has 0 aromatic heterocycles. The maximum atomic E-state index is 12.5. The Morgan fingerprint density at radius 3 is 2.25 bits per heavy atom. The number of benzene rings is 1. The molecule has 0 unspecified atom stereocenters. The van der Waals surface area contributed by atoms with Crippen LogP contribution in [0.3, 0.4) is 0 Å². The molecule has 1 aromatic carbocycles. The average Bonchev–Trinajstić information content (AvgIpc) is 2.62. The van der Waals surface area contributed by atoms with Gasteiger partial charge in [-0.1, -0.05) is 0 Å². The minimum absolute atomic E-state index is 0.00747. The first-order valence-electron chi connectivity index (χ1n) is 8.30. The molecule has 0 bridgehead atoms. The Labute approximate surface area is 140 Å². The zero-order valence-corrected chi connectivity index (χ0v) is 13.5. The van der Waals surface area contributed by atoms with E-state index in [0.29, 0.717) is 24.2 Å². The summed E-state index contributed by atoms with van der Waals surface area (Å²) in [6.07, 6.45) is 2.55. The van der Waals surface area contributed by atoms with Crippen LogP contribution < -0.4 is 11.1 Å². The number of piperidine rings is 1. The quantitative estimate of drug-likeness (QED) is 0.858. The molecule has 0 spiro atoms. The van der Waals surface area contributed by atoms with Crippen molar-refractivity contribution in [3.05, 3.63) is 35.4 Å². The largest absolute Gasteiger partial charge is 0.366 e. The van der Waals surface area contributed by atoms with E-state index in [9.17, 15) is 14.4 Å². The van der Waals surface area contributed by atoms with E-state index >= 15 is 0 Å². The summed E-state index contributed by atoms with van der Waals surface area (Å²) in [5, 5.41) is 2.87. The molecule has 2 saturated heterocycles. The van der Waals surface area contributed by atoms with Gasteiger partial charge in [0.25, 0.3) is 5.91 Å². The minimum atomic E-state index is -0.505. The standard InChI is InChI=1S/C17H22N4O3/c18-15(22)12-2-4-13(5-3-12)16(23)20-10-6-14(7-11-20)21-9-1-8-19-17(21)24/h2-5,14H,1,6-11H2,(H2,18,22)(H,19,24). The first-order chi connectivity index (χ1) is 11.6. The molecule has 1 aromatic rings. The Bertz CT molecular complexity index is 636. The van der Waals surface area contributed by atoms with Gasteiger partial charge in [-0.15, -0.1) is 0 Å². The number of hydrogen-bond donors (Lipinski definition) is 2. The summed E-state index contributed by atoms with van der Waals surface area (Å²) in [5.41, 5.74) is 6.15. The molecule has 4 amide bonds. The van der Waals surface area contributed by atoms with Crippen molar-refractivity contribution < 1.29 is 14.4 Å². The monoisotopic (exact) mass is 330 g/mol. The Kier molecular flexibility index (Phi) is 4.69. The van der Waals surface area contributed by atoms with Gasteiger partial charge in [0, 0.05) is 43.3 Å². The van der Waals surface area contributed by atoms with Crippen LogP contribution in [-0.2, 0) is 0 Å². The number of nitrogens with two attached hydrogens (primary N) is 1. The van der Waals surface area contributed by atoms with Gasteiger partial charge in [-0.2, -0.15) is 0 Å². The van der Waals surface area contributed by atoms with Gasteiger partial charge in [0.15, 0.2) is 0 Å². The molecule has 2 fully saturated rings. The summed E-state index contributed by atoms with van der Waals surface area (Å²) >= 11 is 0. The molecule has 2 heterocycles. The molecule has 0 saturated carbocycles. The van der Waals surface area contributed by atoms with Crippen molar-refractivity contribution in [2.45, 2.75) is 25.3 Å². The van der Waals surface area contributed by atoms with E-state index in [0.717, 1.165) is 32.4 Å². The number of hydrogen-bond acceptors (Lipinski definition) is 3. The maximum absolute atomic E-state index is 12.5. The second-order valence-corrected chi connectivity index (χ2v) is 6.24. The predicted octanol–water partition coefficient (Wildman–Crippen LogP) is 0.805. The molecule has 24 heavy (non-hydrogen) atoms. The van der Waals surface area contributed by atoms with Crippen molar-refractivity contribution in [2.75, 3.05) is 26.2 Å². The summed E-state index contributed by atoms with van der Waals surface area (Å²) in [6.45, 7) is 2.79. The Balaban J connectivity index is 1.58. The number of likely N-dealkylation sites (tertiary alicyclic amines) is 1. The molecule has 3 N–H and O–H groups in total. The van der Waals surface area contributed by atoms with Crippen molar-refractivity contribution in [3.8, 4) is 0 Å². The van der Waals surface area contributed by atoms with Crippen molar-refractivity contribution >= 4 is 17.8 Å². The van der Waals surface area contributed by atoms with Crippen molar-refractivity contribution in [3.63, 3.8) is 0 Å². The third-order valence-corrected chi connectivity index (χ3v) is 4.72. The molecular formula is C17H22N4O3. The van der Waals surface area contributed by atoms with Crippen LogP contribution in [-0.4, -0.2) is 59.9 Å². The number of nitrogens with zero attached hydrogens (tertiary/aromatic N) is 2. The number of urea groups is 1. The number of carbonyl (C=O) groups is 3. The normalized spacial score (nSPS) is 19.1. The molecule has 128 valence electrons. The Morgan fingerprint density at radius 1 is 1.04 bits per heavy atom. The lowest BCUT2D eigenvalue weighted by atomic mass is 10.0. The zero-order chi connectivity index (χ0) is 17.1. The van der Waals surface area contributed by atoms with Crippen LogP contribution in [0.15, 0.2) is 24.3 Å². The van der Waals surface area contributed by atoms with Crippen molar-refractivity contribution in [1.82, 2.24) is 15.1 Å². The van der Waals surface area contributed by atoms with Gasteiger partial charge in [-0.3, -0.25) is 9.59 Å². The fraction of sp³-hybridized carbons (Fsp3) is 0.471. The molecule has 2 aliphatic rings. The Morgan fingerprint density at radius 2 is 1.67 bits per heavy atom. The first kappa shape index (κ1) is 16.3. The van der Waals surface area contributed by atoms with Gasteiger partial charge in [-0.25, -0.2) is 4.79 Å². The second kappa shape index (κ2) is 6.90. The summed E-state index contributed by atoms with van der Waals surface area (Å²) < 4.78 is 0. The van der Waals surface area contributed by atoms with Crippen LogP contribution in [0.25, 0.3) is 0 Å². The highest BCUT2D eigenvalue weighted by atomic mass is 16.2. The lowest BCUT2D eigenvalue weighted by molar-refractivity contribution is 0.0642. The van der Waals surface area contributed by atoms with Gasteiger partial charge in [0.05, 0.1) is 0 Å². The lowest BCUT2D eigenvalue weighted by Crippen LogP contribution is -2.54. The molecule has 7 heteroatoms. The third kappa shape index (κ3) is 3.34. The first-order valence-corrected chi connectivity index (χ1v) is 8.30. The van der Waals surface area contributed by atoms with Crippen LogP contribution in [0, 0.1) is 0 Å². The van der Waals surface area contributed by atoms with E-state index in [1.54, 1.807) is 29.2 Å². The van der Waals surface area contributed by atoms with Gasteiger partial charge in [0.1, 0.15) is 0 Å². The van der Waals surface area contributed by atoms with Crippen LogP contribution in [0.5, 0.6) is 0 Å². The highest BCUT2D eigenvalue weighted by molar-refractivity contribution is 5.97. The highest BCUT2D eigenvalue weighted by Gasteiger charge is 2.31. The molecule has 0 radical (unpaired) electrons. The second-order valence-electron chi connectivity index (χ2n) is 6.24. The summed E-state index contributed by atoms with van der Waals surface area (Å²) in [4.78, 5) is 39.2. The van der Waals surface area contributed by atoms with Crippen LogP contribution in [0.2, 0.25) is 0 Å². The van der Waals surface area contributed by atoms with Gasteiger partial charge in [0.2, 0.25) is 5.91 Å². The van der Waals surface area contributed by atoms with E-state index in [4.69, 9.17) is 5.73 Å². The van der Waals surface area contributed by atoms with Gasteiger partial charge < -0.3 is 20.9 Å². The maximum Gasteiger partial charge on any atom is 0.317 e. The number of nitrogens with one attached hydrogen (secondary N) is 1. The van der Waals surface area contributed by atoms with Crippen LogP contribution in [0.1, 0.15) is 40.0 Å². The smallest absolute Gasteiger partial charge is 0.317 e. The van der Waals surface area contributed by atoms with E-state index in [1.807, 2.05) is 4.90 Å². The zero-order valence-electron chi connectivity index (χ0n) is 13.5. The number of carbonyl (C=O) groups excluding carboxylic acids is 3. The van der Waals surface area contributed by atoms with E-state index < -0.39 is 5.91 Å². The lowest BCUT2D eigenvalue weighted by Gasteiger charge is -2.40. The fourth-order valence-corrected chi connectivity index (χ4v) is 3.34. The van der Waals surface area contributed by atoms with Crippen molar-refractivity contribution in [1.29, 1.82) is 0 Å². The number of primary amides is 1. The molecule has 0 aliphatic carbocycles. The summed E-state index contributed by atoms with van der Waals surface area (Å²) in [7, 11) is 0. The average molecular weight is 330 g/mol. The predicted molar refractivity (Wildman–Crippen MR) is 88.6 cm³/mol. The fourth-order valence-electron chi connectivity index (χ4n) is 3.34. The molecular weight excluding hydrogens is 308 g/mol. The van der Waals surface area contributed by atoms with Crippen LogP contribution >= 0.6 is 0 Å². The van der Waals surface area contributed by atoms with E-state index in [2.05, 4.69) is 5.32 Å². The molecule has 2 aliphatic heterocycles. The van der Waals surface area contributed by atoms with E-state index in [1.165, 1.54) is 0 Å². The third-order valence-electron chi connectivity index (χ3n) is 4.72. The minimum Gasteiger partial charge on any atom is -0.366 e. The topological polar surface area (TPSA) is 95.7 Å². The van der Waals surface area contributed by atoms with Gasteiger partial charge >= 0.3 is 6.03 Å². The Hall–Kier alpha value is -2.57. The molecule has 0 atom stereocenters. The van der Waals surface area contributed by atoms with Crippen LogP contribution in [0.4, 0.5) is 4.79 Å². The number of amides is 4. The highest BCUT2D eigenvalue weighted by Crippen LogP contribution is 2.20. The van der Waals surface area contributed by atoms with Crippen molar-refractivity contribution in [2.24, 2.45) is 5.73 Å². The molecule has 7 nitrogen and oxygen atoms in total. The SMILES string of the molecule is NC(=O)c1ccc(C(=O)N2CCC(N3CCCNC3=O)CC2)cc1.